The minimum Gasteiger partial charge on any atom is -0.342 e. The van der Waals surface area contributed by atoms with E-state index in [1.807, 2.05) is 0 Å². The molecule has 2 aromatic rings. The maximum atomic E-state index is 3.52. The lowest BCUT2D eigenvalue weighted by Crippen LogP contribution is -2.04. The Balaban J connectivity index is 2.56. The van der Waals surface area contributed by atoms with Crippen LogP contribution in [0, 0.1) is 6.92 Å². The van der Waals surface area contributed by atoms with Crippen molar-refractivity contribution in [3.8, 4) is 11.3 Å². The van der Waals surface area contributed by atoms with Crippen LogP contribution in [-0.4, -0.2) is 4.57 Å². The van der Waals surface area contributed by atoms with E-state index in [9.17, 15) is 0 Å². The summed E-state index contributed by atoms with van der Waals surface area (Å²) in [5.74, 6) is 0. The Kier molecular flexibility index (Phi) is 3.20. The molecule has 1 aromatic carbocycles. The first-order valence-corrected chi connectivity index (χ1v) is 6.32. The van der Waals surface area contributed by atoms with Crippen molar-refractivity contribution in [2.45, 2.75) is 26.8 Å². The zero-order chi connectivity index (χ0) is 11.7. The highest BCUT2D eigenvalue weighted by molar-refractivity contribution is 9.10. The number of benzene rings is 1. The summed E-state index contributed by atoms with van der Waals surface area (Å²) in [7, 11) is 0. The van der Waals surface area contributed by atoms with Gasteiger partial charge >= 0.3 is 0 Å². The molecule has 2 heteroatoms. The summed E-state index contributed by atoms with van der Waals surface area (Å²) in [6.07, 6.45) is 0. The molecular weight excluding hydrogens is 262 g/mol. The summed E-state index contributed by atoms with van der Waals surface area (Å²) in [5, 5.41) is 0. The Morgan fingerprint density at radius 1 is 1.12 bits per heavy atom. The fourth-order valence-electron chi connectivity index (χ4n) is 2.12. The van der Waals surface area contributed by atoms with Gasteiger partial charge in [0.15, 0.2) is 0 Å². The molecule has 0 saturated carbocycles. The van der Waals surface area contributed by atoms with Crippen LogP contribution in [0.25, 0.3) is 11.3 Å². The van der Waals surface area contributed by atoms with E-state index in [0.717, 1.165) is 4.47 Å². The lowest BCUT2D eigenvalue weighted by molar-refractivity contribution is 0.595. The maximum absolute atomic E-state index is 3.52. The fourth-order valence-corrected chi connectivity index (χ4v) is 2.52. The molecule has 0 unspecified atom stereocenters. The number of halogens is 1. The number of hydrogen-bond donors (Lipinski definition) is 0. The van der Waals surface area contributed by atoms with Gasteiger partial charge in [-0.3, -0.25) is 0 Å². The van der Waals surface area contributed by atoms with Gasteiger partial charge in [-0.15, -0.1) is 0 Å². The van der Waals surface area contributed by atoms with Crippen LogP contribution in [0.5, 0.6) is 0 Å². The van der Waals surface area contributed by atoms with Gasteiger partial charge in [0.1, 0.15) is 0 Å². The van der Waals surface area contributed by atoms with Crippen LogP contribution in [0.3, 0.4) is 0 Å². The van der Waals surface area contributed by atoms with E-state index in [4.69, 9.17) is 0 Å². The van der Waals surface area contributed by atoms with Crippen LogP contribution < -0.4 is 0 Å². The highest BCUT2D eigenvalue weighted by Crippen LogP contribution is 2.27. The van der Waals surface area contributed by atoms with E-state index < -0.39 is 0 Å². The Labute approximate surface area is 105 Å². The standard InChI is InChI=1S/C14H16BrN/c1-10(2)16-11(3)7-8-14(16)12-5-4-6-13(15)9-12/h4-10H,1-3H3. The molecule has 1 aromatic heterocycles. The van der Waals surface area contributed by atoms with E-state index in [2.05, 4.69) is 77.7 Å². The monoisotopic (exact) mass is 277 g/mol. The number of rotatable bonds is 2. The Hall–Kier alpha value is -1.02. The van der Waals surface area contributed by atoms with Gasteiger partial charge in [0.2, 0.25) is 0 Å². The van der Waals surface area contributed by atoms with Crippen LogP contribution in [-0.2, 0) is 0 Å². The maximum Gasteiger partial charge on any atom is 0.0485 e. The average molecular weight is 278 g/mol. The van der Waals surface area contributed by atoms with E-state index in [0.29, 0.717) is 6.04 Å². The van der Waals surface area contributed by atoms with Crippen LogP contribution in [0.2, 0.25) is 0 Å². The van der Waals surface area contributed by atoms with Crippen molar-refractivity contribution in [1.29, 1.82) is 0 Å². The van der Waals surface area contributed by atoms with Gasteiger partial charge < -0.3 is 4.57 Å². The fraction of sp³-hybridized carbons (Fsp3) is 0.286. The SMILES string of the molecule is Cc1ccc(-c2cccc(Br)c2)n1C(C)C. The molecule has 0 atom stereocenters. The molecule has 1 nitrogen and oxygen atoms in total. The second kappa shape index (κ2) is 4.46. The first-order chi connectivity index (χ1) is 7.59. The molecule has 2 rings (SSSR count). The molecule has 0 aliphatic heterocycles. The van der Waals surface area contributed by atoms with Gasteiger partial charge in [-0.25, -0.2) is 0 Å². The largest absolute Gasteiger partial charge is 0.342 e. The predicted molar refractivity (Wildman–Crippen MR) is 72.7 cm³/mol. The molecule has 0 spiro atoms. The quantitative estimate of drug-likeness (QED) is 0.743. The van der Waals surface area contributed by atoms with Crippen molar-refractivity contribution in [3.63, 3.8) is 0 Å². The van der Waals surface area contributed by atoms with Crippen LogP contribution in [0.4, 0.5) is 0 Å². The molecule has 0 saturated heterocycles. The summed E-state index contributed by atoms with van der Waals surface area (Å²) in [6, 6.07) is 13.3. The number of nitrogens with zero attached hydrogens (tertiary/aromatic N) is 1. The first-order valence-electron chi connectivity index (χ1n) is 5.53. The van der Waals surface area contributed by atoms with Gasteiger partial charge in [-0.05, 0) is 50.6 Å². The topological polar surface area (TPSA) is 4.93 Å². The smallest absolute Gasteiger partial charge is 0.0485 e. The molecule has 0 fully saturated rings. The van der Waals surface area contributed by atoms with E-state index in [-0.39, 0.29) is 0 Å². The van der Waals surface area contributed by atoms with Crippen LogP contribution >= 0.6 is 15.9 Å². The van der Waals surface area contributed by atoms with Crippen molar-refractivity contribution in [2.75, 3.05) is 0 Å². The second-order valence-corrected chi connectivity index (χ2v) is 5.25. The second-order valence-electron chi connectivity index (χ2n) is 4.33. The lowest BCUT2D eigenvalue weighted by Gasteiger charge is -2.15. The summed E-state index contributed by atoms with van der Waals surface area (Å²) in [5.41, 5.74) is 3.86. The van der Waals surface area contributed by atoms with Gasteiger partial charge in [0, 0.05) is 21.9 Å². The van der Waals surface area contributed by atoms with Gasteiger partial charge in [-0.2, -0.15) is 0 Å². The Morgan fingerprint density at radius 2 is 1.88 bits per heavy atom. The average Bonchev–Trinajstić information content (AvgIpc) is 2.60. The molecule has 0 aliphatic carbocycles. The summed E-state index contributed by atoms with van der Waals surface area (Å²) >= 11 is 3.52. The third-order valence-corrected chi connectivity index (χ3v) is 3.25. The molecule has 84 valence electrons. The van der Waals surface area contributed by atoms with Gasteiger partial charge in [0.05, 0.1) is 0 Å². The third-order valence-electron chi connectivity index (χ3n) is 2.76. The molecule has 0 aliphatic rings. The molecule has 0 radical (unpaired) electrons. The third kappa shape index (κ3) is 2.07. The molecular formula is C14H16BrN. The first kappa shape index (κ1) is 11.5. The van der Waals surface area contributed by atoms with Crippen LogP contribution in [0.15, 0.2) is 40.9 Å². The van der Waals surface area contributed by atoms with Crippen molar-refractivity contribution in [2.24, 2.45) is 0 Å². The Bertz CT molecular complexity index is 497. The summed E-state index contributed by atoms with van der Waals surface area (Å²) < 4.78 is 3.49. The molecule has 0 N–H and O–H groups in total. The van der Waals surface area contributed by atoms with Gasteiger partial charge in [-0.1, -0.05) is 28.1 Å². The lowest BCUT2D eigenvalue weighted by atomic mass is 10.1. The summed E-state index contributed by atoms with van der Waals surface area (Å²) in [6.45, 7) is 6.59. The minimum atomic E-state index is 0.490. The van der Waals surface area contributed by atoms with E-state index in [1.54, 1.807) is 0 Å². The van der Waals surface area contributed by atoms with Crippen molar-refractivity contribution in [1.82, 2.24) is 4.57 Å². The van der Waals surface area contributed by atoms with E-state index in [1.165, 1.54) is 17.0 Å². The Morgan fingerprint density at radius 3 is 2.50 bits per heavy atom. The highest BCUT2D eigenvalue weighted by Gasteiger charge is 2.09. The molecule has 0 amide bonds. The number of aryl methyl sites for hydroxylation is 1. The zero-order valence-corrected chi connectivity index (χ0v) is 11.5. The molecule has 16 heavy (non-hydrogen) atoms. The minimum absolute atomic E-state index is 0.490. The van der Waals surface area contributed by atoms with Gasteiger partial charge in [0.25, 0.3) is 0 Å². The van der Waals surface area contributed by atoms with Crippen LogP contribution in [0.1, 0.15) is 25.6 Å². The van der Waals surface area contributed by atoms with Crippen molar-refractivity contribution in [3.05, 3.63) is 46.6 Å². The zero-order valence-electron chi connectivity index (χ0n) is 9.87. The summed E-state index contributed by atoms with van der Waals surface area (Å²) in [4.78, 5) is 0. The highest BCUT2D eigenvalue weighted by atomic mass is 79.9. The van der Waals surface area contributed by atoms with Crippen molar-refractivity contribution >= 4 is 15.9 Å². The number of hydrogen-bond acceptors (Lipinski definition) is 0. The normalized spacial score (nSPS) is 11.1. The van der Waals surface area contributed by atoms with E-state index >= 15 is 0 Å². The molecule has 1 heterocycles. The number of aromatic nitrogens is 1. The molecule has 0 bridgehead atoms. The van der Waals surface area contributed by atoms with Crippen molar-refractivity contribution < 1.29 is 0 Å². The predicted octanol–water partition coefficient (Wildman–Crippen LogP) is 4.81.